The van der Waals surface area contributed by atoms with Crippen LogP contribution in [0.1, 0.15) is 12.0 Å². The number of hydrogen-bond acceptors (Lipinski definition) is 3. The van der Waals surface area contributed by atoms with Gasteiger partial charge in [-0.25, -0.2) is 4.39 Å². The molecule has 4 aromatic rings. The number of aromatic amines is 1. The lowest BCUT2D eigenvalue weighted by atomic mass is 10.0. The van der Waals surface area contributed by atoms with E-state index in [1.807, 2.05) is 30.3 Å². The SMILES string of the molecule is O=C(CCc1c(-c2ccccc2)[nH]c2ccc(F)cc12)Nc1ccc2c(c1)NC(=O)CO2. The van der Waals surface area contributed by atoms with Gasteiger partial charge in [0, 0.05) is 28.7 Å². The van der Waals surface area contributed by atoms with E-state index in [0.717, 1.165) is 27.7 Å². The van der Waals surface area contributed by atoms with Crippen LogP contribution in [0, 0.1) is 5.82 Å². The summed E-state index contributed by atoms with van der Waals surface area (Å²) >= 11 is 0. The fraction of sp³-hybridized carbons (Fsp3) is 0.120. The van der Waals surface area contributed by atoms with Gasteiger partial charge >= 0.3 is 0 Å². The Morgan fingerprint density at radius 1 is 1.06 bits per heavy atom. The molecule has 0 saturated heterocycles. The summed E-state index contributed by atoms with van der Waals surface area (Å²) in [7, 11) is 0. The van der Waals surface area contributed by atoms with Crippen LogP contribution in [0.5, 0.6) is 5.75 Å². The molecule has 3 aromatic carbocycles. The van der Waals surface area contributed by atoms with Crippen molar-refractivity contribution >= 4 is 34.1 Å². The molecule has 0 atom stereocenters. The van der Waals surface area contributed by atoms with Gasteiger partial charge in [-0.15, -0.1) is 0 Å². The van der Waals surface area contributed by atoms with Crippen LogP contribution in [0.2, 0.25) is 0 Å². The van der Waals surface area contributed by atoms with Gasteiger partial charge in [0.25, 0.3) is 5.91 Å². The molecule has 7 heteroatoms. The number of aryl methyl sites for hydroxylation is 1. The second kappa shape index (κ2) is 8.19. The molecule has 0 fully saturated rings. The van der Waals surface area contributed by atoms with Gasteiger partial charge < -0.3 is 20.4 Å². The monoisotopic (exact) mass is 429 g/mol. The minimum atomic E-state index is -0.319. The highest BCUT2D eigenvalue weighted by Crippen LogP contribution is 2.33. The van der Waals surface area contributed by atoms with Gasteiger partial charge in [0.15, 0.2) is 6.61 Å². The van der Waals surface area contributed by atoms with E-state index in [2.05, 4.69) is 15.6 Å². The summed E-state index contributed by atoms with van der Waals surface area (Å²) in [5.74, 6) is -0.171. The van der Waals surface area contributed by atoms with E-state index in [4.69, 9.17) is 4.74 Å². The van der Waals surface area contributed by atoms with Crippen LogP contribution in [0.4, 0.5) is 15.8 Å². The zero-order valence-electron chi connectivity index (χ0n) is 17.1. The number of carbonyl (C=O) groups excluding carboxylic acids is 2. The Morgan fingerprint density at radius 2 is 1.91 bits per heavy atom. The average Bonchev–Trinajstić information content (AvgIpc) is 3.15. The third-order valence-corrected chi connectivity index (χ3v) is 5.43. The molecule has 160 valence electrons. The minimum absolute atomic E-state index is 0.0202. The Morgan fingerprint density at radius 3 is 2.75 bits per heavy atom. The summed E-state index contributed by atoms with van der Waals surface area (Å²) in [6, 6.07) is 19.5. The third-order valence-electron chi connectivity index (χ3n) is 5.43. The van der Waals surface area contributed by atoms with Gasteiger partial charge in [-0.3, -0.25) is 9.59 Å². The molecule has 0 unspecified atom stereocenters. The van der Waals surface area contributed by atoms with Crippen LogP contribution in [-0.2, 0) is 16.0 Å². The van der Waals surface area contributed by atoms with Crippen molar-refractivity contribution in [2.24, 2.45) is 0 Å². The molecule has 0 spiro atoms. The lowest BCUT2D eigenvalue weighted by Gasteiger charge is -2.18. The van der Waals surface area contributed by atoms with Gasteiger partial charge in [0.05, 0.1) is 5.69 Å². The number of aromatic nitrogens is 1. The molecule has 0 bridgehead atoms. The summed E-state index contributed by atoms with van der Waals surface area (Å²) in [5.41, 5.74) is 4.67. The lowest BCUT2D eigenvalue weighted by molar-refractivity contribution is -0.118. The van der Waals surface area contributed by atoms with E-state index >= 15 is 0 Å². The second-order valence-electron chi connectivity index (χ2n) is 7.63. The first kappa shape index (κ1) is 19.8. The van der Waals surface area contributed by atoms with Crippen LogP contribution >= 0.6 is 0 Å². The fourth-order valence-corrected chi connectivity index (χ4v) is 3.95. The Labute approximate surface area is 183 Å². The van der Waals surface area contributed by atoms with Crippen molar-refractivity contribution < 1.29 is 18.7 Å². The highest BCUT2D eigenvalue weighted by atomic mass is 19.1. The number of ether oxygens (including phenoxy) is 1. The van der Waals surface area contributed by atoms with Gasteiger partial charge in [-0.1, -0.05) is 30.3 Å². The summed E-state index contributed by atoms with van der Waals surface area (Å²) < 4.78 is 19.3. The number of carbonyl (C=O) groups is 2. The van der Waals surface area contributed by atoms with Gasteiger partial charge in [0.1, 0.15) is 11.6 Å². The Bertz CT molecular complexity index is 1330. The largest absolute Gasteiger partial charge is 0.482 e. The molecule has 0 saturated carbocycles. The zero-order chi connectivity index (χ0) is 22.1. The number of nitrogens with one attached hydrogen (secondary N) is 3. The highest BCUT2D eigenvalue weighted by molar-refractivity contribution is 5.98. The standard InChI is InChI=1S/C25H20FN3O3/c26-16-6-9-20-19(12-16)18(25(29-20)15-4-2-1-3-5-15)8-11-23(30)27-17-7-10-22-21(13-17)28-24(31)14-32-22/h1-7,9-10,12-13,29H,8,11,14H2,(H,27,30)(H,28,31). The molecule has 3 N–H and O–H groups in total. The fourth-order valence-electron chi connectivity index (χ4n) is 3.95. The van der Waals surface area contributed by atoms with Crippen LogP contribution < -0.4 is 15.4 Å². The molecule has 2 amide bonds. The van der Waals surface area contributed by atoms with Crippen LogP contribution in [0.15, 0.2) is 66.7 Å². The first-order valence-corrected chi connectivity index (χ1v) is 10.3. The second-order valence-corrected chi connectivity index (χ2v) is 7.63. The maximum absolute atomic E-state index is 13.9. The number of halogens is 1. The van der Waals surface area contributed by atoms with Gasteiger partial charge in [-0.2, -0.15) is 0 Å². The molecule has 1 aliphatic heterocycles. The average molecular weight is 429 g/mol. The topological polar surface area (TPSA) is 83.2 Å². The van der Waals surface area contributed by atoms with Crippen LogP contribution in [0.25, 0.3) is 22.2 Å². The first-order chi connectivity index (χ1) is 15.6. The molecule has 0 radical (unpaired) electrons. The van der Waals surface area contributed by atoms with Crippen molar-refractivity contribution in [3.63, 3.8) is 0 Å². The summed E-state index contributed by atoms with van der Waals surface area (Å²) in [5, 5.41) is 6.35. The van der Waals surface area contributed by atoms with E-state index in [1.54, 1.807) is 24.3 Å². The molecular formula is C25H20FN3O3. The zero-order valence-corrected chi connectivity index (χ0v) is 17.1. The molecule has 6 nitrogen and oxygen atoms in total. The van der Waals surface area contributed by atoms with Crippen molar-refractivity contribution in [2.75, 3.05) is 17.2 Å². The first-order valence-electron chi connectivity index (χ1n) is 10.3. The van der Waals surface area contributed by atoms with Gasteiger partial charge in [-0.05, 0) is 53.9 Å². The van der Waals surface area contributed by atoms with Crippen molar-refractivity contribution in [1.82, 2.24) is 4.98 Å². The van der Waals surface area contributed by atoms with E-state index in [9.17, 15) is 14.0 Å². The Balaban J connectivity index is 1.37. The summed E-state index contributed by atoms with van der Waals surface area (Å²) in [4.78, 5) is 27.6. The number of H-pyrrole nitrogens is 1. The predicted molar refractivity (Wildman–Crippen MR) is 121 cm³/mol. The quantitative estimate of drug-likeness (QED) is 0.423. The third kappa shape index (κ3) is 3.92. The Kier molecular flexibility index (Phi) is 5.07. The van der Waals surface area contributed by atoms with E-state index in [0.29, 0.717) is 23.5 Å². The lowest BCUT2D eigenvalue weighted by Crippen LogP contribution is -2.25. The van der Waals surface area contributed by atoms with Crippen molar-refractivity contribution in [3.05, 3.63) is 78.1 Å². The number of benzene rings is 3. The molecule has 0 aliphatic carbocycles. The van der Waals surface area contributed by atoms with Crippen molar-refractivity contribution in [1.29, 1.82) is 0 Å². The van der Waals surface area contributed by atoms with E-state index < -0.39 is 0 Å². The Hall–Kier alpha value is -4.13. The summed E-state index contributed by atoms with van der Waals surface area (Å²) in [6.45, 7) is -0.0202. The van der Waals surface area contributed by atoms with E-state index in [-0.39, 0.29) is 30.7 Å². The number of rotatable bonds is 5. The maximum Gasteiger partial charge on any atom is 0.262 e. The van der Waals surface area contributed by atoms with Crippen molar-refractivity contribution in [3.8, 4) is 17.0 Å². The molecule has 5 rings (SSSR count). The normalized spacial score (nSPS) is 12.7. The molecule has 32 heavy (non-hydrogen) atoms. The van der Waals surface area contributed by atoms with Crippen LogP contribution in [-0.4, -0.2) is 23.4 Å². The highest BCUT2D eigenvalue weighted by Gasteiger charge is 2.18. The smallest absolute Gasteiger partial charge is 0.262 e. The molecular weight excluding hydrogens is 409 g/mol. The number of fused-ring (bicyclic) bond motifs is 2. The summed E-state index contributed by atoms with van der Waals surface area (Å²) in [6.07, 6.45) is 0.646. The predicted octanol–water partition coefficient (Wildman–Crippen LogP) is 4.88. The van der Waals surface area contributed by atoms with Crippen LogP contribution in [0.3, 0.4) is 0 Å². The molecule has 2 heterocycles. The number of hydrogen-bond donors (Lipinski definition) is 3. The van der Waals surface area contributed by atoms with Crippen molar-refractivity contribution in [2.45, 2.75) is 12.8 Å². The number of amides is 2. The molecule has 1 aliphatic rings. The minimum Gasteiger partial charge on any atom is -0.482 e. The van der Waals surface area contributed by atoms with Gasteiger partial charge in [0.2, 0.25) is 5.91 Å². The number of anilines is 2. The van der Waals surface area contributed by atoms with E-state index in [1.165, 1.54) is 12.1 Å². The maximum atomic E-state index is 13.9. The molecule has 1 aromatic heterocycles.